The minimum atomic E-state index is 0.371. The standard InChI is InChI=1S/C14H20N4/c1-10(2)13-16-14(18-17-13)12-7-5-4-6-11(12)8-9-15-3/h4-7,10,15H,8-9H2,1-3H3,(H,16,17,18). The van der Waals surface area contributed by atoms with Gasteiger partial charge in [0, 0.05) is 11.5 Å². The van der Waals surface area contributed by atoms with Crippen LogP contribution in [0.2, 0.25) is 0 Å². The van der Waals surface area contributed by atoms with Crippen LogP contribution < -0.4 is 5.32 Å². The number of nitrogens with zero attached hydrogens (tertiary/aromatic N) is 2. The lowest BCUT2D eigenvalue weighted by Crippen LogP contribution is -2.10. The van der Waals surface area contributed by atoms with Crippen LogP contribution in [-0.4, -0.2) is 28.8 Å². The SMILES string of the molecule is CNCCc1ccccc1-c1n[nH]c(C(C)C)n1. The lowest BCUT2D eigenvalue weighted by molar-refractivity contribution is 0.781. The van der Waals surface area contributed by atoms with Crippen molar-refractivity contribution in [2.24, 2.45) is 0 Å². The van der Waals surface area contributed by atoms with Crippen LogP contribution in [-0.2, 0) is 6.42 Å². The number of rotatable bonds is 5. The van der Waals surface area contributed by atoms with E-state index < -0.39 is 0 Å². The van der Waals surface area contributed by atoms with Gasteiger partial charge in [-0.05, 0) is 25.6 Å². The van der Waals surface area contributed by atoms with Gasteiger partial charge in [0.2, 0.25) is 0 Å². The maximum atomic E-state index is 4.56. The summed E-state index contributed by atoms with van der Waals surface area (Å²) < 4.78 is 0. The molecule has 0 fully saturated rings. The van der Waals surface area contributed by atoms with Gasteiger partial charge in [0.05, 0.1) is 0 Å². The first kappa shape index (κ1) is 12.8. The molecule has 96 valence electrons. The zero-order valence-electron chi connectivity index (χ0n) is 11.2. The molecule has 0 aliphatic rings. The Kier molecular flexibility index (Phi) is 4.10. The number of hydrogen-bond donors (Lipinski definition) is 2. The average Bonchev–Trinajstić information content (AvgIpc) is 2.86. The summed E-state index contributed by atoms with van der Waals surface area (Å²) in [6, 6.07) is 8.31. The molecule has 0 unspecified atom stereocenters. The summed E-state index contributed by atoms with van der Waals surface area (Å²) >= 11 is 0. The molecule has 4 nitrogen and oxygen atoms in total. The average molecular weight is 244 g/mol. The van der Waals surface area contributed by atoms with Crippen molar-refractivity contribution in [1.82, 2.24) is 20.5 Å². The van der Waals surface area contributed by atoms with E-state index in [-0.39, 0.29) is 0 Å². The smallest absolute Gasteiger partial charge is 0.181 e. The first-order valence-electron chi connectivity index (χ1n) is 6.37. The Labute approximate surface area is 108 Å². The number of aromatic nitrogens is 3. The van der Waals surface area contributed by atoms with Crippen molar-refractivity contribution in [3.8, 4) is 11.4 Å². The Morgan fingerprint density at radius 2 is 2.06 bits per heavy atom. The first-order chi connectivity index (χ1) is 8.72. The molecule has 0 saturated carbocycles. The summed E-state index contributed by atoms with van der Waals surface area (Å²) in [6.07, 6.45) is 0.984. The number of hydrogen-bond acceptors (Lipinski definition) is 3. The van der Waals surface area contributed by atoms with Crippen molar-refractivity contribution >= 4 is 0 Å². The molecule has 0 aliphatic heterocycles. The van der Waals surface area contributed by atoms with Gasteiger partial charge in [-0.25, -0.2) is 4.98 Å². The summed E-state index contributed by atoms with van der Waals surface area (Å²) in [5, 5.41) is 10.5. The van der Waals surface area contributed by atoms with E-state index in [0.29, 0.717) is 5.92 Å². The maximum absolute atomic E-state index is 4.56. The van der Waals surface area contributed by atoms with E-state index in [0.717, 1.165) is 30.2 Å². The Hall–Kier alpha value is -1.68. The molecule has 1 aromatic heterocycles. The van der Waals surface area contributed by atoms with E-state index in [1.165, 1.54) is 5.56 Å². The maximum Gasteiger partial charge on any atom is 0.181 e. The number of aromatic amines is 1. The summed E-state index contributed by atoms with van der Waals surface area (Å²) in [7, 11) is 1.96. The fourth-order valence-corrected chi connectivity index (χ4v) is 1.87. The van der Waals surface area contributed by atoms with E-state index in [1.807, 2.05) is 13.1 Å². The third-order valence-corrected chi connectivity index (χ3v) is 2.95. The number of nitrogens with one attached hydrogen (secondary N) is 2. The molecule has 0 amide bonds. The molecule has 4 heteroatoms. The van der Waals surface area contributed by atoms with Gasteiger partial charge in [-0.3, -0.25) is 5.10 Å². The van der Waals surface area contributed by atoms with Gasteiger partial charge in [-0.1, -0.05) is 38.1 Å². The van der Waals surface area contributed by atoms with Gasteiger partial charge in [-0.2, -0.15) is 5.10 Å². The van der Waals surface area contributed by atoms with Gasteiger partial charge in [0.15, 0.2) is 5.82 Å². The van der Waals surface area contributed by atoms with Crippen molar-refractivity contribution in [3.05, 3.63) is 35.7 Å². The highest BCUT2D eigenvalue weighted by atomic mass is 15.2. The van der Waals surface area contributed by atoms with Crippen LogP contribution >= 0.6 is 0 Å². The van der Waals surface area contributed by atoms with Crippen molar-refractivity contribution in [3.63, 3.8) is 0 Å². The van der Waals surface area contributed by atoms with Gasteiger partial charge >= 0.3 is 0 Å². The predicted molar refractivity (Wildman–Crippen MR) is 73.5 cm³/mol. The third kappa shape index (κ3) is 2.76. The largest absolute Gasteiger partial charge is 0.319 e. The highest BCUT2D eigenvalue weighted by Gasteiger charge is 2.11. The van der Waals surface area contributed by atoms with Crippen molar-refractivity contribution < 1.29 is 0 Å². The van der Waals surface area contributed by atoms with E-state index in [9.17, 15) is 0 Å². The van der Waals surface area contributed by atoms with Crippen molar-refractivity contribution in [1.29, 1.82) is 0 Å². The van der Waals surface area contributed by atoms with Crippen molar-refractivity contribution in [2.75, 3.05) is 13.6 Å². The molecule has 0 bridgehead atoms. The molecule has 2 rings (SSSR count). The Morgan fingerprint density at radius 3 is 2.72 bits per heavy atom. The molecule has 0 atom stereocenters. The number of H-pyrrole nitrogens is 1. The normalized spacial score (nSPS) is 11.1. The van der Waals surface area contributed by atoms with E-state index in [4.69, 9.17) is 0 Å². The number of likely N-dealkylation sites (N-methyl/N-ethyl adjacent to an activating group) is 1. The van der Waals surface area contributed by atoms with E-state index in [2.05, 4.69) is 52.5 Å². The molecule has 1 aromatic carbocycles. The van der Waals surface area contributed by atoms with Gasteiger partial charge < -0.3 is 5.32 Å². The molecule has 2 N–H and O–H groups in total. The van der Waals surface area contributed by atoms with Crippen LogP contribution in [0.1, 0.15) is 31.2 Å². The summed E-state index contributed by atoms with van der Waals surface area (Å²) in [4.78, 5) is 4.56. The zero-order chi connectivity index (χ0) is 13.0. The van der Waals surface area contributed by atoms with Crippen LogP contribution in [0, 0.1) is 0 Å². The quantitative estimate of drug-likeness (QED) is 0.849. The fraction of sp³-hybridized carbons (Fsp3) is 0.429. The van der Waals surface area contributed by atoms with Crippen LogP contribution in [0.4, 0.5) is 0 Å². The van der Waals surface area contributed by atoms with Crippen LogP contribution in [0.25, 0.3) is 11.4 Å². The van der Waals surface area contributed by atoms with Crippen LogP contribution in [0.3, 0.4) is 0 Å². The predicted octanol–water partition coefficient (Wildman–Crippen LogP) is 2.36. The molecule has 1 heterocycles. The van der Waals surface area contributed by atoms with Crippen molar-refractivity contribution in [2.45, 2.75) is 26.2 Å². The molecule has 0 spiro atoms. The molecule has 0 saturated heterocycles. The highest BCUT2D eigenvalue weighted by Crippen LogP contribution is 2.21. The van der Waals surface area contributed by atoms with Gasteiger partial charge in [-0.15, -0.1) is 0 Å². The zero-order valence-corrected chi connectivity index (χ0v) is 11.2. The first-order valence-corrected chi connectivity index (χ1v) is 6.37. The molecule has 2 aromatic rings. The lowest BCUT2D eigenvalue weighted by atomic mass is 10.0. The van der Waals surface area contributed by atoms with E-state index in [1.54, 1.807) is 0 Å². The Balaban J connectivity index is 2.30. The van der Waals surface area contributed by atoms with Gasteiger partial charge in [0.25, 0.3) is 0 Å². The summed E-state index contributed by atoms with van der Waals surface area (Å²) in [5.41, 5.74) is 2.40. The van der Waals surface area contributed by atoms with Crippen LogP contribution in [0.15, 0.2) is 24.3 Å². The summed E-state index contributed by atoms with van der Waals surface area (Å²) in [6.45, 7) is 5.17. The van der Waals surface area contributed by atoms with Gasteiger partial charge in [0.1, 0.15) is 5.82 Å². The second kappa shape index (κ2) is 5.78. The highest BCUT2D eigenvalue weighted by molar-refractivity contribution is 5.59. The Morgan fingerprint density at radius 1 is 1.28 bits per heavy atom. The molecule has 18 heavy (non-hydrogen) atoms. The Bertz CT molecular complexity index is 502. The number of benzene rings is 1. The molecule has 0 aliphatic carbocycles. The van der Waals surface area contributed by atoms with Crippen LogP contribution in [0.5, 0.6) is 0 Å². The second-order valence-electron chi connectivity index (χ2n) is 4.71. The monoisotopic (exact) mass is 244 g/mol. The fourth-order valence-electron chi connectivity index (χ4n) is 1.87. The minimum Gasteiger partial charge on any atom is -0.319 e. The second-order valence-corrected chi connectivity index (χ2v) is 4.71. The topological polar surface area (TPSA) is 53.6 Å². The lowest BCUT2D eigenvalue weighted by Gasteiger charge is -2.05. The van der Waals surface area contributed by atoms with E-state index >= 15 is 0 Å². The molecule has 0 radical (unpaired) electrons. The molecular formula is C14H20N4. The third-order valence-electron chi connectivity index (χ3n) is 2.95. The summed E-state index contributed by atoms with van der Waals surface area (Å²) in [5.74, 6) is 2.11. The minimum absolute atomic E-state index is 0.371. The molecular weight excluding hydrogens is 224 g/mol.